The standard InChI is InChI=1S/C10H13N3OS/c1-3-7-15-8-5-12-9-10(14)13(2)6-4-11-9/h1,4,6H,5,7-8H2,2H3,(H,11,12). The quantitative estimate of drug-likeness (QED) is 0.585. The van der Waals surface area contributed by atoms with E-state index in [1.54, 1.807) is 31.2 Å². The van der Waals surface area contributed by atoms with Gasteiger partial charge in [0.05, 0.1) is 5.75 Å². The van der Waals surface area contributed by atoms with E-state index in [2.05, 4.69) is 16.2 Å². The van der Waals surface area contributed by atoms with E-state index in [0.717, 1.165) is 5.75 Å². The summed E-state index contributed by atoms with van der Waals surface area (Å²) < 4.78 is 1.49. The molecule has 4 nitrogen and oxygen atoms in total. The molecule has 80 valence electrons. The van der Waals surface area contributed by atoms with Crippen LogP contribution in [0.4, 0.5) is 5.82 Å². The second kappa shape index (κ2) is 6.14. The third kappa shape index (κ3) is 3.68. The molecule has 0 atom stereocenters. The minimum atomic E-state index is -0.112. The number of anilines is 1. The summed E-state index contributed by atoms with van der Waals surface area (Å²) in [5, 5.41) is 2.98. The molecule has 1 aromatic rings. The highest BCUT2D eigenvalue weighted by atomic mass is 32.2. The zero-order chi connectivity index (χ0) is 11.1. The van der Waals surface area contributed by atoms with E-state index >= 15 is 0 Å². The van der Waals surface area contributed by atoms with Crippen LogP contribution in [-0.4, -0.2) is 27.6 Å². The normalized spacial score (nSPS) is 9.60. The molecule has 1 aromatic heterocycles. The topological polar surface area (TPSA) is 46.9 Å². The molecule has 0 saturated heterocycles. The molecule has 5 heteroatoms. The zero-order valence-corrected chi connectivity index (χ0v) is 9.38. The molecule has 0 amide bonds. The number of aromatic nitrogens is 2. The van der Waals surface area contributed by atoms with Gasteiger partial charge < -0.3 is 9.88 Å². The van der Waals surface area contributed by atoms with Crippen molar-refractivity contribution >= 4 is 17.6 Å². The van der Waals surface area contributed by atoms with Crippen molar-refractivity contribution in [2.45, 2.75) is 0 Å². The minimum absolute atomic E-state index is 0.112. The molecule has 1 heterocycles. The van der Waals surface area contributed by atoms with E-state index in [4.69, 9.17) is 6.42 Å². The Morgan fingerprint density at radius 2 is 2.53 bits per heavy atom. The maximum Gasteiger partial charge on any atom is 0.293 e. The molecule has 0 bridgehead atoms. The molecule has 0 spiro atoms. The van der Waals surface area contributed by atoms with Gasteiger partial charge in [-0.2, -0.15) is 0 Å². The number of hydrogen-bond donors (Lipinski definition) is 1. The molecule has 0 aliphatic carbocycles. The third-order valence-corrected chi connectivity index (χ3v) is 2.60. The Bertz CT molecular complexity index is 408. The monoisotopic (exact) mass is 223 g/mol. The van der Waals surface area contributed by atoms with Crippen LogP contribution in [0.15, 0.2) is 17.2 Å². The first kappa shape index (κ1) is 11.7. The number of aryl methyl sites for hydroxylation is 1. The summed E-state index contributed by atoms with van der Waals surface area (Å²) in [6.07, 6.45) is 8.33. The van der Waals surface area contributed by atoms with Gasteiger partial charge in [-0.25, -0.2) is 4.98 Å². The molecule has 0 aromatic carbocycles. The molecule has 0 aliphatic rings. The lowest BCUT2D eigenvalue weighted by Crippen LogP contribution is -2.22. The van der Waals surface area contributed by atoms with Crippen LogP contribution in [0.3, 0.4) is 0 Å². The van der Waals surface area contributed by atoms with Crippen molar-refractivity contribution in [3.8, 4) is 12.3 Å². The summed E-state index contributed by atoms with van der Waals surface area (Å²) in [7, 11) is 1.70. The Morgan fingerprint density at radius 3 is 3.27 bits per heavy atom. The van der Waals surface area contributed by atoms with E-state index in [9.17, 15) is 4.79 Å². The molecular weight excluding hydrogens is 210 g/mol. The van der Waals surface area contributed by atoms with Gasteiger partial charge in [-0.3, -0.25) is 4.79 Å². The number of nitrogens with zero attached hydrogens (tertiary/aromatic N) is 2. The maximum absolute atomic E-state index is 11.5. The van der Waals surface area contributed by atoms with Gasteiger partial charge in [0.1, 0.15) is 0 Å². The van der Waals surface area contributed by atoms with Gasteiger partial charge in [0.2, 0.25) is 0 Å². The van der Waals surface area contributed by atoms with E-state index in [0.29, 0.717) is 18.1 Å². The highest BCUT2D eigenvalue weighted by Crippen LogP contribution is 1.98. The Labute approximate surface area is 93.1 Å². The van der Waals surface area contributed by atoms with Crippen LogP contribution >= 0.6 is 11.8 Å². The Kier molecular flexibility index (Phi) is 4.78. The molecule has 0 fully saturated rings. The summed E-state index contributed by atoms with van der Waals surface area (Å²) >= 11 is 1.65. The van der Waals surface area contributed by atoms with Crippen molar-refractivity contribution in [1.29, 1.82) is 0 Å². The second-order valence-corrected chi connectivity index (χ2v) is 3.98. The Hall–Kier alpha value is -1.41. The summed E-state index contributed by atoms with van der Waals surface area (Å²) in [6, 6.07) is 0. The molecule has 0 saturated carbocycles. The number of nitrogens with one attached hydrogen (secondary N) is 1. The summed E-state index contributed by atoms with van der Waals surface area (Å²) in [4.78, 5) is 15.5. The van der Waals surface area contributed by atoms with Crippen molar-refractivity contribution in [3.63, 3.8) is 0 Å². The van der Waals surface area contributed by atoms with E-state index in [1.807, 2.05) is 0 Å². The Balaban J connectivity index is 2.42. The smallest absolute Gasteiger partial charge is 0.293 e. The van der Waals surface area contributed by atoms with Gasteiger partial charge in [0.15, 0.2) is 5.82 Å². The van der Waals surface area contributed by atoms with Crippen molar-refractivity contribution in [2.24, 2.45) is 7.05 Å². The van der Waals surface area contributed by atoms with Crippen LogP contribution in [0, 0.1) is 12.3 Å². The first-order chi connectivity index (χ1) is 7.25. The number of rotatable bonds is 5. The van der Waals surface area contributed by atoms with Crippen LogP contribution in [0.1, 0.15) is 0 Å². The van der Waals surface area contributed by atoms with Crippen LogP contribution in [0.5, 0.6) is 0 Å². The summed E-state index contributed by atoms with van der Waals surface area (Å²) in [6.45, 7) is 0.693. The van der Waals surface area contributed by atoms with Gasteiger partial charge in [-0.1, -0.05) is 5.92 Å². The molecule has 1 N–H and O–H groups in total. The average Bonchev–Trinajstić information content (AvgIpc) is 2.24. The second-order valence-electron chi connectivity index (χ2n) is 2.88. The van der Waals surface area contributed by atoms with Crippen LogP contribution < -0.4 is 10.9 Å². The summed E-state index contributed by atoms with van der Waals surface area (Å²) in [5.41, 5.74) is -0.112. The lowest BCUT2D eigenvalue weighted by Gasteiger charge is -2.04. The zero-order valence-electron chi connectivity index (χ0n) is 8.56. The number of hydrogen-bond acceptors (Lipinski definition) is 4. The minimum Gasteiger partial charge on any atom is -0.365 e. The lowest BCUT2D eigenvalue weighted by molar-refractivity contribution is 0.841. The van der Waals surface area contributed by atoms with Crippen molar-refractivity contribution in [3.05, 3.63) is 22.7 Å². The lowest BCUT2D eigenvalue weighted by atomic mass is 10.6. The van der Waals surface area contributed by atoms with Crippen molar-refractivity contribution < 1.29 is 0 Å². The molecule has 1 rings (SSSR count). The van der Waals surface area contributed by atoms with Gasteiger partial charge >= 0.3 is 0 Å². The number of thioether (sulfide) groups is 1. The van der Waals surface area contributed by atoms with Crippen molar-refractivity contribution in [1.82, 2.24) is 9.55 Å². The van der Waals surface area contributed by atoms with Gasteiger partial charge in [0, 0.05) is 31.7 Å². The maximum atomic E-state index is 11.5. The summed E-state index contributed by atoms with van der Waals surface area (Å²) in [5.74, 6) is 4.49. The molecule has 15 heavy (non-hydrogen) atoms. The van der Waals surface area contributed by atoms with E-state index < -0.39 is 0 Å². The fourth-order valence-corrected chi connectivity index (χ4v) is 1.50. The third-order valence-electron chi connectivity index (χ3n) is 1.74. The fraction of sp³-hybridized carbons (Fsp3) is 0.400. The van der Waals surface area contributed by atoms with Crippen LogP contribution in [0.2, 0.25) is 0 Å². The van der Waals surface area contributed by atoms with Gasteiger partial charge in [-0.05, 0) is 0 Å². The first-order valence-electron chi connectivity index (χ1n) is 4.52. The van der Waals surface area contributed by atoms with Crippen LogP contribution in [-0.2, 0) is 7.05 Å². The van der Waals surface area contributed by atoms with E-state index in [-0.39, 0.29) is 5.56 Å². The van der Waals surface area contributed by atoms with Gasteiger partial charge in [0.25, 0.3) is 5.56 Å². The molecule has 0 radical (unpaired) electrons. The molecule has 0 unspecified atom stereocenters. The highest BCUT2D eigenvalue weighted by Gasteiger charge is 2.00. The van der Waals surface area contributed by atoms with Gasteiger partial charge in [-0.15, -0.1) is 18.2 Å². The largest absolute Gasteiger partial charge is 0.365 e. The molecule has 0 aliphatic heterocycles. The Morgan fingerprint density at radius 1 is 1.73 bits per heavy atom. The predicted octanol–water partition coefficient (Wildman–Crippen LogP) is 0.559. The predicted molar refractivity (Wildman–Crippen MR) is 64.1 cm³/mol. The highest BCUT2D eigenvalue weighted by molar-refractivity contribution is 7.99. The van der Waals surface area contributed by atoms with Crippen LogP contribution in [0.25, 0.3) is 0 Å². The molecular formula is C10H13N3OS. The van der Waals surface area contributed by atoms with E-state index in [1.165, 1.54) is 4.57 Å². The number of terminal acetylenes is 1. The fourth-order valence-electron chi connectivity index (χ4n) is 0.992. The average molecular weight is 223 g/mol. The first-order valence-corrected chi connectivity index (χ1v) is 5.68. The van der Waals surface area contributed by atoms with Crippen molar-refractivity contribution in [2.75, 3.05) is 23.4 Å². The SMILES string of the molecule is C#CCSCCNc1nccn(C)c1=O.